The van der Waals surface area contributed by atoms with Gasteiger partial charge in [0.1, 0.15) is 5.01 Å². The first-order chi connectivity index (χ1) is 16.0. The van der Waals surface area contributed by atoms with Crippen molar-refractivity contribution in [2.24, 2.45) is 0 Å². The number of anilines is 1. The van der Waals surface area contributed by atoms with Gasteiger partial charge in [0.25, 0.3) is 5.56 Å². The van der Waals surface area contributed by atoms with Crippen LogP contribution in [0.4, 0.5) is 5.69 Å². The maximum absolute atomic E-state index is 12.4. The zero-order valence-corrected chi connectivity index (χ0v) is 19.3. The van der Waals surface area contributed by atoms with Gasteiger partial charge in [-0.15, -0.1) is 10.2 Å². The van der Waals surface area contributed by atoms with Crippen molar-refractivity contribution in [2.75, 3.05) is 19.0 Å². The van der Waals surface area contributed by atoms with Crippen LogP contribution < -0.4 is 10.9 Å². The van der Waals surface area contributed by atoms with E-state index in [1.807, 2.05) is 6.07 Å². The van der Waals surface area contributed by atoms with E-state index in [4.69, 9.17) is 4.74 Å². The summed E-state index contributed by atoms with van der Waals surface area (Å²) in [5.41, 5.74) is 0.959. The van der Waals surface area contributed by atoms with E-state index in [-0.39, 0.29) is 23.7 Å². The second kappa shape index (κ2) is 12.7. The zero-order valence-electron chi connectivity index (χ0n) is 18.5. The number of pyridine rings is 2. The summed E-state index contributed by atoms with van der Waals surface area (Å²) in [6.45, 7) is 1.11. The fraction of sp³-hybridized carbons (Fsp3) is 0.391. The molecule has 0 spiro atoms. The molecular weight excluding hydrogens is 442 g/mol. The van der Waals surface area contributed by atoms with Gasteiger partial charge in [-0.2, -0.15) is 0 Å². The van der Waals surface area contributed by atoms with Crippen molar-refractivity contribution in [3.05, 3.63) is 68.8 Å². The standard InChI is InChI=1S/C23H27N5O4S/c1-32-14-6-8-19(29)23-27-26-21(33-23)9-3-5-12-28-13-10-18(16-22(28)31)25-20(30)15-17-7-2-4-11-24-17/h2,4,7,10-11,13,16H,3,5-6,8-9,12,14-15H2,1H3,(H,25,30). The number of aryl methyl sites for hydroxylation is 2. The quantitative estimate of drug-likeness (QED) is 0.302. The highest BCUT2D eigenvalue weighted by molar-refractivity contribution is 7.13. The molecule has 0 saturated carbocycles. The van der Waals surface area contributed by atoms with Crippen LogP contribution in [0.2, 0.25) is 0 Å². The third kappa shape index (κ3) is 7.99. The van der Waals surface area contributed by atoms with Gasteiger partial charge >= 0.3 is 0 Å². The lowest BCUT2D eigenvalue weighted by atomic mass is 10.2. The lowest BCUT2D eigenvalue weighted by Gasteiger charge is -2.08. The molecular formula is C23H27N5O4S. The molecule has 3 aromatic heterocycles. The van der Waals surface area contributed by atoms with Gasteiger partial charge in [0.05, 0.1) is 6.42 Å². The summed E-state index contributed by atoms with van der Waals surface area (Å²) in [6, 6.07) is 8.52. The van der Waals surface area contributed by atoms with Crippen LogP contribution in [0.5, 0.6) is 0 Å². The van der Waals surface area contributed by atoms with E-state index in [0.29, 0.717) is 48.8 Å². The third-order valence-electron chi connectivity index (χ3n) is 4.85. The number of nitrogens with zero attached hydrogens (tertiary/aromatic N) is 4. The van der Waals surface area contributed by atoms with Crippen LogP contribution in [0.1, 0.15) is 46.2 Å². The molecule has 1 amide bonds. The molecule has 9 nitrogen and oxygen atoms in total. The topological polar surface area (TPSA) is 116 Å². The maximum Gasteiger partial charge on any atom is 0.252 e. The van der Waals surface area contributed by atoms with Gasteiger partial charge in [-0.05, 0) is 37.5 Å². The SMILES string of the molecule is COCCCC(=O)c1nnc(CCCCn2ccc(NC(=O)Cc3ccccn3)cc2=O)s1. The van der Waals surface area contributed by atoms with Crippen LogP contribution in [-0.4, -0.2) is 45.2 Å². The summed E-state index contributed by atoms with van der Waals surface area (Å²) in [5.74, 6) is -0.228. The predicted octanol–water partition coefficient (Wildman–Crippen LogP) is 2.91. The van der Waals surface area contributed by atoms with Gasteiger partial charge in [0.15, 0.2) is 10.8 Å². The van der Waals surface area contributed by atoms with E-state index >= 15 is 0 Å². The fourth-order valence-corrected chi connectivity index (χ4v) is 4.00. The van der Waals surface area contributed by atoms with Crippen LogP contribution in [0.15, 0.2) is 47.5 Å². The van der Waals surface area contributed by atoms with E-state index in [1.54, 1.807) is 42.3 Å². The molecule has 0 aliphatic heterocycles. The van der Waals surface area contributed by atoms with E-state index in [9.17, 15) is 14.4 Å². The Labute approximate surface area is 195 Å². The molecule has 0 unspecified atom stereocenters. The van der Waals surface area contributed by atoms with Gasteiger partial charge in [-0.3, -0.25) is 19.4 Å². The molecule has 33 heavy (non-hydrogen) atoms. The number of amides is 1. The Morgan fingerprint density at radius 3 is 2.79 bits per heavy atom. The maximum atomic E-state index is 12.4. The largest absolute Gasteiger partial charge is 0.385 e. The molecule has 0 aliphatic rings. The van der Waals surface area contributed by atoms with Crippen LogP contribution in [0.25, 0.3) is 0 Å². The Kier molecular flexibility index (Phi) is 9.40. The van der Waals surface area contributed by atoms with Gasteiger partial charge in [-0.25, -0.2) is 0 Å². The Bertz CT molecular complexity index is 1110. The van der Waals surface area contributed by atoms with Crippen LogP contribution in [0.3, 0.4) is 0 Å². The van der Waals surface area contributed by atoms with E-state index in [1.165, 1.54) is 17.4 Å². The lowest BCUT2D eigenvalue weighted by molar-refractivity contribution is -0.115. The van der Waals surface area contributed by atoms with Crippen LogP contribution >= 0.6 is 11.3 Å². The van der Waals surface area contributed by atoms with Gasteiger partial charge in [-0.1, -0.05) is 17.4 Å². The first-order valence-electron chi connectivity index (χ1n) is 10.8. The number of hydrogen-bond acceptors (Lipinski definition) is 8. The number of carbonyl (C=O) groups excluding carboxylic acids is 2. The Hall–Kier alpha value is -3.24. The normalized spacial score (nSPS) is 10.8. The Morgan fingerprint density at radius 2 is 2.03 bits per heavy atom. The van der Waals surface area contributed by atoms with Crippen molar-refractivity contribution in [3.8, 4) is 0 Å². The summed E-state index contributed by atoms with van der Waals surface area (Å²) >= 11 is 1.33. The van der Waals surface area contributed by atoms with Gasteiger partial charge in [0.2, 0.25) is 5.91 Å². The number of nitrogens with one attached hydrogen (secondary N) is 1. The van der Waals surface area contributed by atoms with E-state index in [2.05, 4.69) is 20.5 Å². The first-order valence-corrected chi connectivity index (χ1v) is 11.6. The minimum atomic E-state index is -0.223. The van der Waals surface area contributed by atoms with Crippen molar-refractivity contribution >= 4 is 28.7 Å². The highest BCUT2D eigenvalue weighted by Gasteiger charge is 2.12. The zero-order chi connectivity index (χ0) is 23.5. The number of Topliss-reactive ketones (excluding diaryl/α,β-unsaturated/α-hetero) is 1. The molecule has 1 N–H and O–H groups in total. The molecule has 0 aliphatic carbocycles. The van der Waals surface area contributed by atoms with Crippen molar-refractivity contribution < 1.29 is 14.3 Å². The summed E-state index contributed by atoms with van der Waals surface area (Å²) in [4.78, 5) is 40.7. The number of methoxy groups -OCH3 is 1. The van der Waals surface area contributed by atoms with Crippen molar-refractivity contribution in [1.82, 2.24) is 19.7 Å². The fourth-order valence-electron chi connectivity index (χ4n) is 3.15. The molecule has 0 bridgehead atoms. The molecule has 174 valence electrons. The molecule has 3 aromatic rings. The minimum absolute atomic E-state index is 0.00503. The monoisotopic (exact) mass is 469 g/mol. The molecule has 0 atom stereocenters. The van der Waals surface area contributed by atoms with Gasteiger partial charge in [0, 0.05) is 62.9 Å². The molecule has 3 rings (SSSR count). The highest BCUT2D eigenvalue weighted by atomic mass is 32.1. The average Bonchev–Trinajstić information content (AvgIpc) is 3.28. The summed E-state index contributed by atoms with van der Waals surface area (Å²) in [6.07, 6.45) is 6.85. The minimum Gasteiger partial charge on any atom is -0.385 e. The average molecular weight is 470 g/mol. The number of ether oxygens (including phenoxy) is 1. The summed E-state index contributed by atoms with van der Waals surface area (Å²) in [7, 11) is 1.61. The second-order valence-electron chi connectivity index (χ2n) is 7.47. The lowest BCUT2D eigenvalue weighted by Crippen LogP contribution is -2.21. The highest BCUT2D eigenvalue weighted by Crippen LogP contribution is 2.15. The van der Waals surface area contributed by atoms with E-state index in [0.717, 1.165) is 17.8 Å². The number of aromatic nitrogens is 4. The number of ketones is 1. The first kappa shape index (κ1) is 24.4. The molecule has 10 heteroatoms. The molecule has 0 radical (unpaired) electrons. The van der Waals surface area contributed by atoms with Crippen molar-refractivity contribution in [1.29, 1.82) is 0 Å². The van der Waals surface area contributed by atoms with Gasteiger partial charge < -0.3 is 14.6 Å². The Balaban J connectivity index is 1.41. The molecule has 0 aromatic carbocycles. The second-order valence-corrected chi connectivity index (χ2v) is 8.53. The predicted molar refractivity (Wildman–Crippen MR) is 126 cm³/mol. The molecule has 3 heterocycles. The number of carbonyl (C=O) groups is 2. The number of unbranched alkanes of at least 4 members (excludes halogenated alkanes) is 1. The van der Waals surface area contributed by atoms with Crippen LogP contribution in [0, 0.1) is 0 Å². The van der Waals surface area contributed by atoms with E-state index < -0.39 is 0 Å². The Morgan fingerprint density at radius 1 is 1.15 bits per heavy atom. The summed E-state index contributed by atoms with van der Waals surface area (Å²) < 4.78 is 6.57. The van der Waals surface area contributed by atoms with Crippen molar-refractivity contribution in [2.45, 2.75) is 45.1 Å². The molecule has 0 saturated heterocycles. The smallest absolute Gasteiger partial charge is 0.252 e. The number of hydrogen-bond donors (Lipinski definition) is 1. The summed E-state index contributed by atoms with van der Waals surface area (Å²) in [5, 5.41) is 12.1. The number of rotatable bonds is 13. The van der Waals surface area contributed by atoms with Crippen molar-refractivity contribution in [3.63, 3.8) is 0 Å². The van der Waals surface area contributed by atoms with Crippen LogP contribution in [-0.2, 0) is 28.9 Å². The molecule has 0 fully saturated rings. The third-order valence-corrected chi connectivity index (χ3v) is 5.87.